The van der Waals surface area contributed by atoms with E-state index in [-0.39, 0.29) is 97.0 Å². The van der Waals surface area contributed by atoms with E-state index >= 15 is 13.2 Å². The molecule has 14 heteroatoms. The molecule has 4 heterocycles. The van der Waals surface area contributed by atoms with Crippen molar-refractivity contribution in [3.8, 4) is 22.9 Å². The van der Waals surface area contributed by atoms with Crippen LogP contribution in [-0.2, 0) is 20.7 Å². The van der Waals surface area contributed by atoms with E-state index in [1.54, 1.807) is 19.9 Å². The number of benzene rings is 3. The van der Waals surface area contributed by atoms with Gasteiger partial charge in [0.25, 0.3) is 0 Å². The Morgan fingerprint density at radius 1 is 1.08 bits per heavy atom. The van der Waals surface area contributed by atoms with Crippen molar-refractivity contribution in [3.63, 3.8) is 0 Å². The van der Waals surface area contributed by atoms with Crippen molar-refractivity contribution in [2.75, 3.05) is 38.5 Å². The zero-order valence-corrected chi connectivity index (χ0v) is 27.2. The van der Waals surface area contributed by atoms with Crippen molar-refractivity contribution in [2.45, 2.75) is 63.6 Å². The van der Waals surface area contributed by atoms with E-state index in [0.717, 1.165) is 6.07 Å². The average molecular weight is 681 g/mol. The molecule has 1 N–H and O–H groups in total. The molecule has 49 heavy (non-hydrogen) atoms. The number of carbonyl (C=O) groups excluding carboxylic acids is 1. The zero-order valence-electron chi connectivity index (χ0n) is 27.2. The topological polar surface area (TPSA) is 124 Å². The molecular formula is C35H35F3N4O7. The van der Waals surface area contributed by atoms with Crippen LogP contribution in [0.15, 0.2) is 30.3 Å². The van der Waals surface area contributed by atoms with Gasteiger partial charge in [0.2, 0.25) is 0 Å². The van der Waals surface area contributed by atoms with Crippen LogP contribution in [0.25, 0.3) is 32.8 Å². The number of amides is 1. The molecule has 11 nitrogen and oxygen atoms in total. The third kappa shape index (κ3) is 5.81. The molecule has 0 aliphatic carbocycles. The van der Waals surface area contributed by atoms with Crippen LogP contribution in [0.1, 0.15) is 45.1 Å². The highest BCUT2D eigenvalue weighted by Crippen LogP contribution is 2.43. The highest BCUT2D eigenvalue weighted by atomic mass is 19.1. The lowest BCUT2D eigenvalue weighted by Gasteiger charge is -2.40. The van der Waals surface area contributed by atoms with E-state index < -0.39 is 34.7 Å². The molecule has 1 aromatic heterocycles. The van der Waals surface area contributed by atoms with Gasteiger partial charge in [0.1, 0.15) is 40.9 Å². The molecule has 4 aromatic rings. The molecule has 0 saturated carbocycles. The summed E-state index contributed by atoms with van der Waals surface area (Å²) in [5.41, 5.74) is -1.29. The number of carboxylic acid groups (broad SMARTS) is 1. The van der Waals surface area contributed by atoms with Gasteiger partial charge in [-0.1, -0.05) is 13.0 Å². The number of fused-ring (bicyclic) bond motifs is 4. The first-order valence-electron chi connectivity index (χ1n) is 16.2. The van der Waals surface area contributed by atoms with Gasteiger partial charge in [0, 0.05) is 38.4 Å². The van der Waals surface area contributed by atoms with E-state index in [1.807, 2.05) is 4.90 Å². The Hall–Kier alpha value is -4.85. The van der Waals surface area contributed by atoms with Crippen LogP contribution in [0, 0.1) is 17.5 Å². The summed E-state index contributed by atoms with van der Waals surface area (Å²) in [6.45, 7) is 3.73. The standard InChI is InChI=1S/C35H35F3N4O7/c1-4-22-25(36)8-5-18-11-21(48-17-46-3)12-23(28(18)22)29-26(37)13-24-31(30(29)38)39-33(47-16-35(2)10-9-27(43)49-35)40-32(24)41-14-19-6-7-20(15-41)42(19)34(44)45/h5,8,11-13,19-20H,4,6-7,9-10,14-17H2,1-3H3,(H,44,45). The third-order valence-corrected chi connectivity index (χ3v) is 9.68. The fraction of sp³-hybridized carbons (Fsp3) is 0.429. The van der Waals surface area contributed by atoms with Gasteiger partial charge in [0.05, 0.1) is 17.6 Å². The van der Waals surface area contributed by atoms with Gasteiger partial charge in [-0.2, -0.15) is 9.97 Å². The fourth-order valence-electron chi connectivity index (χ4n) is 7.40. The summed E-state index contributed by atoms with van der Waals surface area (Å²) in [6.07, 6.45) is 1.14. The van der Waals surface area contributed by atoms with Crippen molar-refractivity contribution < 1.29 is 46.8 Å². The summed E-state index contributed by atoms with van der Waals surface area (Å²) in [4.78, 5) is 36.1. The average Bonchev–Trinajstić information content (AvgIpc) is 3.56. The molecule has 3 atom stereocenters. The predicted octanol–water partition coefficient (Wildman–Crippen LogP) is 6.22. The Morgan fingerprint density at radius 3 is 2.49 bits per heavy atom. The number of hydrogen-bond acceptors (Lipinski definition) is 9. The molecule has 3 unspecified atom stereocenters. The van der Waals surface area contributed by atoms with Crippen molar-refractivity contribution in [3.05, 3.63) is 53.3 Å². The second-order valence-corrected chi connectivity index (χ2v) is 13.0. The maximum absolute atomic E-state index is 17.1. The van der Waals surface area contributed by atoms with Gasteiger partial charge in [-0.3, -0.25) is 9.69 Å². The van der Waals surface area contributed by atoms with Crippen LogP contribution in [0.3, 0.4) is 0 Å². The Kier molecular flexibility index (Phi) is 8.37. The van der Waals surface area contributed by atoms with Gasteiger partial charge in [-0.15, -0.1) is 0 Å². The number of aromatic nitrogens is 2. The van der Waals surface area contributed by atoms with Crippen LogP contribution >= 0.6 is 0 Å². The lowest BCUT2D eigenvalue weighted by Crippen LogP contribution is -2.55. The van der Waals surface area contributed by atoms with E-state index in [1.165, 1.54) is 30.2 Å². The first-order chi connectivity index (χ1) is 23.5. The SMILES string of the molecule is CCc1c(F)ccc2cc(OCOC)cc(-c3c(F)cc4c(N5CC6CCC(C5)N6C(=O)O)nc(OCC5(C)CCC(=O)O5)nc4c3F)c12. The van der Waals surface area contributed by atoms with E-state index in [4.69, 9.17) is 18.9 Å². The number of aryl methyl sites for hydroxylation is 1. The molecule has 3 saturated heterocycles. The lowest BCUT2D eigenvalue weighted by atomic mass is 9.91. The van der Waals surface area contributed by atoms with E-state index in [0.29, 0.717) is 30.0 Å². The molecule has 3 aliphatic rings. The molecule has 1 amide bonds. The maximum Gasteiger partial charge on any atom is 0.407 e. The largest absolute Gasteiger partial charge is 0.468 e. The Balaban J connectivity index is 1.41. The predicted molar refractivity (Wildman–Crippen MR) is 172 cm³/mol. The number of hydrogen-bond donors (Lipinski definition) is 1. The van der Waals surface area contributed by atoms with Crippen molar-refractivity contribution in [1.29, 1.82) is 0 Å². The van der Waals surface area contributed by atoms with Crippen LogP contribution < -0.4 is 14.4 Å². The number of anilines is 1. The number of carbonyl (C=O) groups is 2. The minimum Gasteiger partial charge on any atom is -0.468 e. The van der Waals surface area contributed by atoms with Gasteiger partial charge >= 0.3 is 18.1 Å². The lowest BCUT2D eigenvalue weighted by molar-refractivity contribution is -0.149. The molecule has 258 valence electrons. The maximum atomic E-state index is 17.1. The summed E-state index contributed by atoms with van der Waals surface area (Å²) < 4.78 is 70.8. The number of esters is 1. The number of rotatable bonds is 9. The van der Waals surface area contributed by atoms with Crippen LogP contribution in [-0.4, -0.2) is 83.3 Å². The van der Waals surface area contributed by atoms with Crippen LogP contribution in [0.4, 0.5) is 23.8 Å². The summed E-state index contributed by atoms with van der Waals surface area (Å²) in [5, 5.41) is 10.7. The van der Waals surface area contributed by atoms with Gasteiger partial charge in [-0.25, -0.2) is 18.0 Å². The highest BCUT2D eigenvalue weighted by Gasteiger charge is 2.44. The van der Waals surface area contributed by atoms with Crippen molar-refractivity contribution >= 4 is 39.6 Å². The van der Waals surface area contributed by atoms with Crippen LogP contribution in [0.5, 0.6) is 11.8 Å². The molecule has 3 aliphatic heterocycles. The molecule has 0 spiro atoms. The Labute approximate surface area is 279 Å². The molecule has 3 fully saturated rings. The zero-order chi connectivity index (χ0) is 34.6. The fourth-order valence-corrected chi connectivity index (χ4v) is 7.40. The smallest absolute Gasteiger partial charge is 0.407 e. The second-order valence-electron chi connectivity index (χ2n) is 13.0. The number of piperazine rings is 1. The normalized spacial score (nSPS) is 21.9. The summed E-state index contributed by atoms with van der Waals surface area (Å²) in [6, 6.07) is 6.19. The van der Waals surface area contributed by atoms with Crippen LogP contribution in [0.2, 0.25) is 0 Å². The Bertz CT molecular complexity index is 1980. The number of methoxy groups -OCH3 is 1. The molecule has 0 radical (unpaired) electrons. The molecule has 2 bridgehead atoms. The summed E-state index contributed by atoms with van der Waals surface area (Å²) >= 11 is 0. The van der Waals surface area contributed by atoms with Crippen molar-refractivity contribution in [2.24, 2.45) is 0 Å². The number of halogens is 3. The summed E-state index contributed by atoms with van der Waals surface area (Å²) in [5.74, 6) is -2.39. The minimum absolute atomic E-state index is 0.0609. The first-order valence-corrected chi connectivity index (χ1v) is 16.2. The minimum atomic E-state index is -1.02. The second kappa shape index (κ2) is 12.6. The highest BCUT2D eigenvalue weighted by molar-refractivity contribution is 6.03. The number of cyclic esters (lactones) is 1. The third-order valence-electron chi connectivity index (χ3n) is 9.68. The summed E-state index contributed by atoms with van der Waals surface area (Å²) in [7, 11) is 1.44. The van der Waals surface area contributed by atoms with E-state index in [2.05, 4.69) is 9.97 Å². The van der Waals surface area contributed by atoms with Crippen molar-refractivity contribution in [1.82, 2.24) is 14.9 Å². The van der Waals surface area contributed by atoms with Gasteiger partial charge < -0.3 is 29.0 Å². The number of nitrogens with zero attached hydrogens (tertiary/aromatic N) is 4. The number of ether oxygens (including phenoxy) is 4. The Morgan fingerprint density at radius 2 is 1.84 bits per heavy atom. The monoisotopic (exact) mass is 680 g/mol. The molecule has 7 rings (SSSR count). The molecule has 3 aromatic carbocycles. The first kappa shape index (κ1) is 32.7. The van der Waals surface area contributed by atoms with E-state index in [9.17, 15) is 14.7 Å². The quantitative estimate of drug-likeness (QED) is 0.161. The van der Waals surface area contributed by atoms with Gasteiger partial charge in [-0.05, 0) is 72.4 Å². The van der Waals surface area contributed by atoms with Gasteiger partial charge in [0.15, 0.2) is 12.6 Å². The molecular weight excluding hydrogens is 645 g/mol.